The van der Waals surface area contributed by atoms with Gasteiger partial charge in [0.05, 0.1) is 23.0 Å². The Labute approximate surface area is 138 Å². The summed E-state index contributed by atoms with van der Waals surface area (Å²) in [5.41, 5.74) is 1.39. The molecule has 0 aliphatic carbocycles. The number of carbonyl (C=O) groups excluding carboxylic acids is 1. The molecule has 0 bridgehead atoms. The summed E-state index contributed by atoms with van der Waals surface area (Å²) in [5.74, 6) is -0.913. The van der Waals surface area contributed by atoms with Gasteiger partial charge in [-0.15, -0.1) is 0 Å². The van der Waals surface area contributed by atoms with Crippen LogP contribution >= 0.6 is 39.1 Å². The van der Waals surface area contributed by atoms with Gasteiger partial charge in [-0.1, -0.05) is 11.6 Å². The molecule has 2 rings (SSSR count). The van der Waals surface area contributed by atoms with Crippen molar-refractivity contribution in [3.63, 3.8) is 0 Å². The minimum Gasteiger partial charge on any atom is -0.462 e. The van der Waals surface area contributed by atoms with Crippen molar-refractivity contribution in [3.8, 4) is 0 Å². The molecule has 1 aromatic carbocycles. The van der Waals surface area contributed by atoms with Gasteiger partial charge in [-0.25, -0.2) is 9.18 Å². The van der Waals surface area contributed by atoms with Crippen molar-refractivity contribution in [1.29, 1.82) is 0 Å². The molecule has 1 aromatic heterocycles. The highest BCUT2D eigenvalue weighted by Crippen LogP contribution is 2.37. The Hall–Kier alpha value is -1.18. The summed E-state index contributed by atoms with van der Waals surface area (Å²) < 4.78 is 22.8. The third kappa shape index (κ3) is 3.53. The first-order valence-electron chi connectivity index (χ1n) is 5.99. The van der Waals surface area contributed by atoms with Gasteiger partial charge in [-0.3, -0.25) is 0 Å². The molecule has 112 valence electrons. The first-order valence-corrected chi connectivity index (χ1v) is 7.93. The standard InChI is InChI=1S/C13H11BrClFN2O2S/c1-3-20-13(19)10-6(2)18-21-12(10)17-11-8(14)4-7(16)5-9(11)15/h4-5,17H,3H2,1-2H3. The fourth-order valence-electron chi connectivity index (χ4n) is 1.67. The number of carbonyl (C=O) groups is 1. The van der Waals surface area contributed by atoms with Crippen molar-refractivity contribution in [2.75, 3.05) is 11.9 Å². The predicted octanol–water partition coefficient (Wildman–Crippen LogP) is 4.93. The average Bonchev–Trinajstić information content (AvgIpc) is 2.75. The van der Waals surface area contributed by atoms with Crippen LogP contribution in [0.3, 0.4) is 0 Å². The zero-order valence-corrected chi connectivity index (χ0v) is 14.3. The van der Waals surface area contributed by atoms with Crippen LogP contribution in [0.1, 0.15) is 23.0 Å². The maximum Gasteiger partial charge on any atom is 0.343 e. The molecule has 1 N–H and O–H groups in total. The third-order valence-corrected chi connectivity index (χ3v) is 4.37. The van der Waals surface area contributed by atoms with Crippen molar-refractivity contribution in [2.24, 2.45) is 0 Å². The Morgan fingerprint density at radius 1 is 1.57 bits per heavy atom. The Morgan fingerprint density at radius 3 is 2.90 bits per heavy atom. The number of anilines is 2. The van der Waals surface area contributed by atoms with E-state index in [0.717, 1.165) is 11.5 Å². The minimum atomic E-state index is -0.458. The minimum absolute atomic E-state index is 0.197. The summed E-state index contributed by atoms with van der Waals surface area (Å²) in [6.45, 7) is 3.72. The molecule has 21 heavy (non-hydrogen) atoms. The highest BCUT2D eigenvalue weighted by molar-refractivity contribution is 9.10. The molecule has 0 unspecified atom stereocenters. The van der Waals surface area contributed by atoms with Crippen molar-refractivity contribution >= 4 is 55.7 Å². The van der Waals surface area contributed by atoms with E-state index >= 15 is 0 Å². The van der Waals surface area contributed by atoms with Gasteiger partial charge < -0.3 is 10.1 Å². The number of hydrogen-bond donors (Lipinski definition) is 1. The van der Waals surface area contributed by atoms with Gasteiger partial charge in [-0.05, 0) is 53.4 Å². The second-order valence-corrected chi connectivity index (χ2v) is 6.10. The van der Waals surface area contributed by atoms with Crippen molar-refractivity contribution in [1.82, 2.24) is 4.37 Å². The van der Waals surface area contributed by atoms with E-state index in [2.05, 4.69) is 25.6 Å². The van der Waals surface area contributed by atoms with Gasteiger partial charge >= 0.3 is 5.97 Å². The molecule has 0 spiro atoms. The van der Waals surface area contributed by atoms with Gasteiger partial charge in [-0.2, -0.15) is 4.37 Å². The Morgan fingerprint density at radius 2 is 2.29 bits per heavy atom. The number of ether oxygens (including phenoxy) is 1. The van der Waals surface area contributed by atoms with Gasteiger partial charge in [0.15, 0.2) is 0 Å². The lowest BCUT2D eigenvalue weighted by Gasteiger charge is -2.10. The maximum atomic E-state index is 13.2. The highest BCUT2D eigenvalue weighted by atomic mass is 79.9. The first-order chi connectivity index (χ1) is 9.93. The van der Waals surface area contributed by atoms with E-state index in [1.807, 2.05) is 0 Å². The number of halogens is 3. The van der Waals surface area contributed by atoms with Crippen LogP contribution in [0, 0.1) is 12.7 Å². The summed E-state index contributed by atoms with van der Waals surface area (Å²) >= 11 is 10.4. The smallest absolute Gasteiger partial charge is 0.343 e. The van der Waals surface area contributed by atoms with Crippen LogP contribution in [-0.2, 0) is 4.74 Å². The van der Waals surface area contributed by atoms with Crippen molar-refractivity contribution < 1.29 is 13.9 Å². The van der Waals surface area contributed by atoms with E-state index in [1.54, 1.807) is 13.8 Å². The summed E-state index contributed by atoms with van der Waals surface area (Å²) in [6, 6.07) is 2.47. The number of rotatable bonds is 4. The molecular formula is C13H11BrClFN2O2S. The van der Waals surface area contributed by atoms with E-state index in [0.29, 0.717) is 26.4 Å². The molecule has 0 saturated carbocycles. The SMILES string of the molecule is CCOC(=O)c1c(C)nsc1Nc1c(Cl)cc(F)cc1Br. The summed E-state index contributed by atoms with van der Waals surface area (Å²) in [6.07, 6.45) is 0. The molecule has 0 atom stereocenters. The third-order valence-electron chi connectivity index (χ3n) is 2.59. The number of hydrogen-bond acceptors (Lipinski definition) is 5. The number of aryl methyl sites for hydroxylation is 1. The fourth-order valence-corrected chi connectivity index (χ4v) is 3.36. The Balaban J connectivity index is 2.39. The summed E-state index contributed by atoms with van der Waals surface area (Å²) in [4.78, 5) is 12.0. The second-order valence-electron chi connectivity index (χ2n) is 4.06. The second kappa shape index (κ2) is 6.72. The molecule has 2 aromatic rings. The van der Waals surface area contributed by atoms with Crippen LogP contribution < -0.4 is 5.32 Å². The van der Waals surface area contributed by atoms with Gasteiger partial charge in [0.2, 0.25) is 0 Å². The van der Waals surface area contributed by atoms with E-state index in [9.17, 15) is 9.18 Å². The summed E-state index contributed by atoms with van der Waals surface area (Å²) in [7, 11) is 0. The molecule has 1 heterocycles. The van der Waals surface area contributed by atoms with Crippen LogP contribution in [0.15, 0.2) is 16.6 Å². The molecule has 0 aliphatic rings. The Kier molecular flexibility index (Phi) is 5.18. The maximum absolute atomic E-state index is 13.2. The van der Waals surface area contributed by atoms with Crippen LogP contribution in [0.5, 0.6) is 0 Å². The Bertz CT molecular complexity index is 670. The van der Waals surface area contributed by atoms with Gasteiger partial charge in [0.25, 0.3) is 0 Å². The fraction of sp³-hybridized carbons (Fsp3) is 0.231. The predicted molar refractivity (Wildman–Crippen MR) is 85.2 cm³/mol. The van der Waals surface area contributed by atoms with Crippen LogP contribution in [-0.4, -0.2) is 16.9 Å². The first kappa shape index (κ1) is 16.2. The lowest BCUT2D eigenvalue weighted by Crippen LogP contribution is -2.07. The van der Waals surface area contributed by atoms with Gasteiger partial charge in [0.1, 0.15) is 16.4 Å². The monoisotopic (exact) mass is 392 g/mol. The lowest BCUT2D eigenvalue weighted by atomic mass is 10.2. The van der Waals surface area contributed by atoms with Crippen molar-refractivity contribution in [3.05, 3.63) is 38.7 Å². The van der Waals surface area contributed by atoms with Crippen LogP contribution in [0.2, 0.25) is 5.02 Å². The quantitative estimate of drug-likeness (QED) is 0.749. The average molecular weight is 394 g/mol. The number of aromatic nitrogens is 1. The molecular weight excluding hydrogens is 383 g/mol. The van der Waals surface area contributed by atoms with E-state index < -0.39 is 11.8 Å². The molecule has 8 heteroatoms. The van der Waals surface area contributed by atoms with E-state index in [1.165, 1.54) is 12.1 Å². The van der Waals surface area contributed by atoms with E-state index in [-0.39, 0.29) is 11.6 Å². The van der Waals surface area contributed by atoms with Crippen molar-refractivity contribution in [2.45, 2.75) is 13.8 Å². The summed E-state index contributed by atoms with van der Waals surface area (Å²) in [5, 5.41) is 3.70. The molecule has 0 radical (unpaired) electrons. The number of benzene rings is 1. The largest absolute Gasteiger partial charge is 0.462 e. The number of esters is 1. The number of nitrogens with one attached hydrogen (secondary N) is 1. The topological polar surface area (TPSA) is 51.2 Å². The molecule has 0 saturated heterocycles. The molecule has 0 amide bonds. The molecule has 0 aliphatic heterocycles. The molecule has 4 nitrogen and oxygen atoms in total. The number of nitrogens with zero attached hydrogens (tertiary/aromatic N) is 1. The normalized spacial score (nSPS) is 10.5. The highest BCUT2D eigenvalue weighted by Gasteiger charge is 2.21. The zero-order valence-electron chi connectivity index (χ0n) is 11.2. The zero-order chi connectivity index (χ0) is 15.6. The van der Waals surface area contributed by atoms with Crippen LogP contribution in [0.25, 0.3) is 0 Å². The van der Waals surface area contributed by atoms with Gasteiger partial charge in [0, 0.05) is 4.47 Å². The van der Waals surface area contributed by atoms with Crippen LogP contribution in [0.4, 0.5) is 15.1 Å². The molecule has 0 fully saturated rings. The van der Waals surface area contributed by atoms with E-state index in [4.69, 9.17) is 16.3 Å². The lowest BCUT2D eigenvalue weighted by molar-refractivity contribution is 0.0527.